The maximum atomic E-state index is 11.6. The first-order valence-corrected chi connectivity index (χ1v) is 2.18. The van der Waals surface area contributed by atoms with E-state index >= 15 is 0 Å². The zero-order valence-corrected chi connectivity index (χ0v) is 4.35. The summed E-state index contributed by atoms with van der Waals surface area (Å²) in [6.07, 6.45) is -6.86. The van der Waals surface area contributed by atoms with E-state index in [2.05, 4.69) is 0 Å². The van der Waals surface area contributed by atoms with Crippen LogP contribution in [-0.4, -0.2) is 23.7 Å². The van der Waals surface area contributed by atoms with E-state index in [1.54, 1.807) is 0 Å². The molecule has 0 rings (SSSR count). The SMILES string of the molecule is O=C(O)CC(F)C(F)F. The Kier molecular flexibility index (Phi) is 3.05. The van der Waals surface area contributed by atoms with Gasteiger partial charge in [-0.25, -0.2) is 13.2 Å². The van der Waals surface area contributed by atoms with Gasteiger partial charge in [-0.1, -0.05) is 0 Å². The van der Waals surface area contributed by atoms with Gasteiger partial charge in [-0.3, -0.25) is 4.79 Å². The Bertz CT molecular complexity index is 104. The van der Waals surface area contributed by atoms with E-state index in [-0.39, 0.29) is 0 Å². The molecular weight excluding hydrogens is 137 g/mol. The molecule has 0 aliphatic rings. The van der Waals surface area contributed by atoms with Gasteiger partial charge in [0.15, 0.2) is 6.17 Å². The molecule has 0 saturated heterocycles. The summed E-state index contributed by atoms with van der Waals surface area (Å²) in [6.45, 7) is 0. The van der Waals surface area contributed by atoms with Gasteiger partial charge in [0, 0.05) is 0 Å². The van der Waals surface area contributed by atoms with Crippen LogP contribution in [0.25, 0.3) is 0 Å². The van der Waals surface area contributed by atoms with Crippen molar-refractivity contribution in [2.75, 3.05) is 0 Å². The Morgan fingerprint density at radius 1 is 1.44 bits per heavy atom. The lowest BCUT2D eigenvalue weighted by Crippen LogP contribution is -2.16. The van der Waals surface area contributed by atoms with Crippen molar-refractivity contribution in [1.82, 2.24) is 0 Å². The number of carboxylic acid groups (broad SMARTS) is 1. The van der Waals surface area contributed by atoms with Crippen molar-refractivity contribution < 1.29 is 23.1 Å². The number of carbonyl (C=O) groups is 1. The van der Waals surface area contributed by atoms with Crippen LogP contribution in [-0.2, 0) is 4.79 Å². The molecule has 1 unspecified atom stereocenters. The number of hydrogen-bond acceptors (Lipinski definition) is 1. The van der Waals surface area contributed by atoms with E-state index in [1.165, 1.54) is 0 Å². The molecule has 1 atom stereocenters. The number of aliphatic carboxylic acids is 1. The molecule has 0 aromatic heterocycles. The van der Waals surface area contributed by atoms with Crippen LogP contribution in [0.3, 0.4) is 0 Å². The standard InChI is InChI=1S/C4H5F3O2/c5-2(4(6)7)1-3(8)9/h2,4H,1H2,(H,8,9). The van der Waals surface area contributed by atoms with Gasteiger partial charge in [0.05, 0.1) is 6.42 Å². The number of hydrogen-bond donors (Lipinski definition) is 1. The fraction of sp³-hybridized carbons (Fsp3) is 0.750. The van der Waals surface area contributed by atoms with E-state index in [0.717, 1.165) is 0 Å². The van der Waals surface area contributed by atoms with Crippen molar-refractivity contribution in [1.29, 1.82) is 0 Å². The number of alkyl halides is 3. The molecular formula is C4H5F3O2. The second-order valence-corrected chi connectivity index (χ2v) is 1.45. The summed E-state index contributed by atoms with van der Waals surface area (Å²) in [5, 5.41) is 7.76. The third-order valence-electron chi connectivity index (χ3n) is 0.643. The molecule has 0 saturated carbocycles. The topological polar surface area (TPSA) is 37.3 Å². The molecule has 2 nitrogen and oxygen atoms in total. The summed E-state index contributed by atoms with van der Waals surface area (Å²) in [6, 6.07) is 0. The van der Waals surface area contributed by atoms with E-state index in [9.17, 15) is 18.0 Å². The quantitative estimate of drug-likeness (QED) is 0.639. The van der Waals surface area contributed by atoms with Gasteiger partial charge in [-0.2, -0.15) is 0 Å². The molecule has 0 fully saturated rings. The second kappa shape index (κ2) is 3.32. The fourth-order valence-electron chi connectivity index (χ4n) is 0.256. The number of rotatable bonds is 3. The summed E-state index contributed by atoms with van der Waals surface area (Å²) in [7, 11) is 0. The van der Waals surface area contributed by atoms with E-state index in [0.29, 0.717) is 0 Å². The third-order valence-corrected chi connectivity index (χ3v) is 0.643. The summed E-state index contributed by atoms with van der Waals surface area (Å²) < 4.78 is 33.9. The van der Waals surface area contributed by atoms with Crippen LogP contribution in [0.5, 0.6) is 0 Å². The minimum absolute atomic E-state index is 1.13. The fourth-order valence-corrected chi connectivity index (χ4v) is 0.256. The van der Waals surface area contributed by atoms with Crippen molar-refractivity contribution in [2.24, 2.45) is 0 Å². The third kappa shape index (κ3) is 3.81. The molecule has 0 amide bonds. The van der Waals surface area contributed by atoms with Crippen molar-refractivity contribution in [3.63, 3.8) is 0 Å². The molecule has 0 radical (unpaired) electrons. The smallest absolute Gasteiger partial charge is 0.306 e. The maximum Gasteiger partial charge on any atom is 0.306 e. The van der Waals surface area contributed by atoms with Gasteiger partial charge in [-0.15, -0.1) is 0 Å². The molecule has 0 aromatic carbocycles. The first-order valence-electron chi connectivity index (χ1n) is 2.18. The summed E-state index contributed by atoms with van der Waals surface area (Å²) in [4.78, 5) is 9.54. The summed E-state index contributed by atoms with van der Waals surface area (Å²) in [5.74, 6) is -1.55. The second-order valence-electron chi connectivity index (χ2n) is 1.45. The van der Waals surface area contributed by atoms with Crippen LogP contribution >= 0.6 is 0 Å². The van der Waals surface area contributed by atoms with Gasteiger partial charge >= 0.3 is 5.97 Å². The normalized spacial score (nSPS) is 13.8. The molecule has 54 valence electrons. The van der Waals surface area contributed by atoms with E-state index in [4.69, 9.17) is 5.11 Å². The van der Waals surface area contributed by atoms with Crippen LogP contribution in [0, 0.1) is 0 Å². The van der Waals surface area contributed by atoms with Crippen molar-refractivity contribution in [2.45, 2.75) is 19.0 Å². The molecule has 1 N–H and O–H groups in total. The lowest BCUT2D eigenvalue weighted by Gasteiger charge is -2.00. The predicted octanol–water partition coefficient (Wildman–Crippen LogP) is 1.06. The minimum Gasteiger partial charge on any atom is -0.481 e. The van der Waals surface area contributed by atoms with Crippen molar-refractivity contribution >= 4 is 5.97 Å². The lowest BCUT2D eigenvalue weighted by atomic mass is 10.3. The number of halogens is 3. The summed E-state index contributed by atoms with van der Waals surface area (Å²) in [5.41, 5.74) is 0. The number of carboxylic acids is 1. The average Bonchev–Trinajstić information content (AvgIpc) is 1.63. The minimum atomic E-state index is -3.19. The van der Waals surface area contributed by atoms with Gasteiger partial charge < -0.3 is 5.11 Å². The molecule has 0 aromatic rings. The Morgan fingerprint density at radius 3 is 2.00 bits per heavy atom. The van der Waals surface area contributed by atoms with E-state index < -0.39 is 25.0 Å². The van der Waals surface area contributed by atoms with Gasteiger partial charge in [0.25, 0.3) is 6.43 Å². The molecule has 9 heavy (non-hydrogen) atoms. The van der Waals surface area contributed by atoms with Gasteiger partial charge in [0.1, 0.15) is 0 Å². The Hall–Kier alpha value is -0.740. The molecule has 0 aliphatic carbocycles. The first-order chi connectivity index (χ1) is 4.04. The van der Waals surface area contributed by atoms with Crippen LogP contribution in [0.2, 0.25) is 0 Å². The molecule has 0 spiro atoms. The first kappa shape index (κ1) is 8.26. The molecule has 5 heteroatoms. The Labute approximate surface area is 49.3 Å². The average molecular weight is 142 g/mol. The van der Waals surface area contributed by atoms with Crippen LogP contribution in [0.15, 0.2) is 0 Å². The van der Waals surface area contributed by atoms with Gasteiger partial charge in [-0.05, 0) is 0 Å². The Morgan fingerprint density at radius 2 is 1.89 bits per heavy atom. The molecule has 0 bridgehead atoms. The highest BCUT2D eigenvalue weighted by molar-refractivity contribution is 5.67. The largest absolute Gasteiger partial charge is 0.481 e. The highest BCUT2D eigenvalue weighted by Crippen LogP contribution is 2.08. The van der Waals surface area contributed by atoms with Crippen molar-refractivity contribution in [3.05, 3.63) is 0 Å². The highest BCUT2D eigenvalue weighted by atomic mass is 19.3. The van der Waals surface area contributed by atoms with E-state index in [1.807, 2.05) is 0 Å². The van der Waals surface area contributed by atoms with Crippen LogP contribution in [0.4, 0.5) is 13.2 Å². The Balaban J connectivity index is 3.50. The molecule has 0 heterocycles. The maximum absolute atomic E-state index is 11.6. The highest BCUT2D eigenvalue weighted by Gasteiger charge is 2.21. The molecule has 0 aliphatic heterocycles. The summed E-state index contributed by atoms with van der Waals surface area (Å²) >= 11 is 0. The monoisotopic (exact) mass is 142 g/mol. The van der Waals surface area contributed by atoms with Crippen LogP contribution < -0.4 is 0 Å². The van der Waals surface area contributed by atoms with Crippen LogP contribution in [0.1, 0.15) is 6.42 Å². The lowest BCUT2D eigenvalue weighted by molar-refractivity contribution is -0.139. The van der Waals surface area contributed by atoms with Gasteiger partial charge in [0.2, 0.25) is 0 Å². The zero-order chi connectivity index (χ0) is 7.44. The predicted molar refractivity (Wildman–Crippen MR) is 23.2 cm³/mol. The zero-order valence-electron chi connectivity index (χ0n) is 4.35. The van der Waals surface area contributed by atoms with Crippen molar-refractivity contribution in [3.8, 4) is 0 Å².